The van der Waals surface area contributed by atoms with E-state index in [-0.39, 0.29) is 0 Å². The molecule has 0 unspecified atom stereocenters. The van der Waals surface area contributed by atoms with Crippen LogP contribution in [0.15, 0.2) is 11.6 Å². The minimum atomic E-state index is 0.631. The summed E-state index contributed by atoms with van der Waals surface area (Å²) in [6.07, 6.45) is 11.6. The molecule has 4 fully saturated rings. The van der Waals surface area contributed by atoms with Crippen molar-refractivity contribution in [2.75, 3.05) is 13.6 Å². The topological polar surface area (TPSA) is 12.0 Å². The largest absolute Gasteiger partial charge is 0.316 e. The molecule has 1 heteroatoms. The highest BCUT2D eigenvalue weighted by Gasteiger charge is 2.51. The van der Waals surface area contributed by atoms with E-state index in [2.05, 4.69) is 18.3 Å². The first kappa shape index (κ1) is 10.8. The number of rotatable bonds is 3. The zero-order valence-corrected chi connectivity index (χ0v) is 10.8. The second kappa shape index (κ2) is 3.87. The van der Waals surface area contributed by atoms with Gasteiger partial charge in [0.05, 0.1) is 0 Å². The fraction of sp³-hybridized carbons (Fsp3) is 0.867. The average molecular weight is 219 g/mol. The molecule has 0 atom stereocenters. The van der Waals surface area contributed by atoms with Gasteiger partial charge in [0.1, 0.15) is 0 Å². The maximum absolute atomic E-state index is 3.25. The number of nitrogens with one attached hydrogen (secondary N) is 1. The Balaban J connectivity index is 1.82. The SMILES string of the molecule is CNC/C=C(\C)C12CC3CC(CC(C3)C1)C2. The van der Waals surface area contributed by atoms with Gasteiger partial charge in [-0.2, -0.15) is 0 Å². The van der Waals surface area contributed by atoms with Crippen LogP contribution in [-0.2, 0) is 0 Å². The standard InChI is InChI=1S/C15H25N/c1-11(3-4-16-2)15-8-12-5-13(9-15)7-14(6-12)10-15/h3,12-14,16H,4-10H2,1-2H3/b11-3+. The number of likely N-dealkylation sites (N-methyl/N-ethyl adjacent to an activating group) is 1. The van der Waals surface area contributed by atoms with Crippen LogP contribution in [-0.4, -0.2) is 13.6 Å². The Morgan fingerprint density at radius 3 is 2.06 bits per heavy atom. The highest BCUT2D eigenvalue weighted by atomic mass is 14.8. The third kappa shape index (κ3) is 1.64. The molecule has 0 aromatic carbocycles. The summed E-state index contributed by atoms with van der Waals surface area (Å²) >= 11 is 0. The van der Waals surface area contributed by atoms with Crippen molar-refractivity contribution in [3.63, 3.8) is 0 Å². The Bertz CT molecular complexity index is 267. The molecule has 16 heavy (non-hydrogen) atoms. The molecule has 0 saturated heterocycles. The van der Waals surface area contributed by atoms with Gasteiger partial charge in [0.2, 0.25) is 0 Å². The smallest absolute Gasteiger partial charge is 0.0134 e. The lowest BCUT2D eigenvalue weighted by Crippen LogP contribution is -2.46. The van der Waals surface area contributed by atoms with Crippen molar-refractivity contribution in [2.24, 2.45) is 23.2 Å². The van der Waals surface area contributed by atoms with Crippen LogP contribution in [0.4, 0.5) is 0 Å². The van der Waals surface area contributed by atoms with Crippen LogP contribution in [0.2, 0.25) is 0 Å². The molecular weight excluding hydrogens is 194 g/mol. The van der Waals surface area contributed by atoms with Gasteiger partial charge >= 0.3 is 0 Å². The molecule has 90 valence electrons. The van der Waals surface area contributed by atoms with E-state index in [0.29, 0.717) is 5.41 Å². The number of allylic oxidation sites excluding steroid dienone is 1. The quantitative estimate of drug-likeness (QED) is 0.718. The van der Waals surface area contributed by atoms with Crippen molar-refractivity contribution >= 4 is 0 Å². The van der Waals surface area contributed by atoms with E-state index in [0.717, 1.165) is 24.3 Å². The molecule has 0 radical (unpaired) electrons. The minimum absolute atomic E-state index is 0.631. The first-order valence-corrected chi connectivity index (χ1v) is 7.04. The van der Waals surface area contributed by atoms with E-state index < -0.39 is 0 Å². The fourth-order valence-corrected chi connectivity index (χ4v) is 5.07. The second-order valence-electron chi connectivity index (χ2n) is 6.64. The molecule has 4 aliphatic rings. The molecule has 1 nitrogen and oxygen atoms in total. The van der Waals surface area contributed by atoms with Gasteiger partial charge < -0.3 is 5.32 Å². The van der Waals surface area contributed by atoms with E-state index in [9.17, 15) is 0 Å². The maximum atomic E-state index is 3.25. The third-order valence-corrected chi connectivity index (χ3v) is 5.49. The minimum Gasteiger partial charge on any atom is -0.316 e. The molecule has 4 bridgehead atoms. The van der Waals surface area contributed by atoms with Crippen molar-refractivity contribution < 1.29 is 0 Å². The Kier molecular flexibility index (Phi) is 2.62. The molecule has 0 aromatic heterocycles. The predicted molar refractivity (Wildman–Crippen MR) is 68.3 cm³/mol. The van der Waals surface area contributed by atoms with Crippen LogP contribution in [0.5, 0.6) is 0 Å². The van der Waals surface area contributed by atoms with E-state index in [4.69, 9.17) is 0 Å². The van der Waals surface area contributed by atoms with Crippen molar-refractivity contribution in [3.05, 3.63) is 11.6 Å². The van der Waals surface area contributed by atoms with Gasteiger partial charge in [0.15, 0.2) is 0 Å². The highest BCUT2D eigenvalue weighted by molar-refractivity contribution is 5.19. The summed E-state index contributed by atoms with van der Waals surface area (Å²) in [6, 6.07) is 0. The van der Waals surface area contributed by atoms with Crippen molar-refractivity contribution in [2.45, 2.75) is 45.4 Å². The molecular formula is C15H25N. The molecule has 4 aliphatic carbocycles. The second-order valence-corrected chi connectivity index (χ2v) is 6.64. The summed E-state index contributed by atoms with van der Waals surface area (Å²) < 4.78 is 0. The summed E-state index contributed by atoms with van der Waals surface area (Å²) in [5.74, 6) is 3.22. The van der Waals surface area contributed by atoms with Crippen LogP contribution < -0.4 is 5.32 Å². The summed E-state index contributed by atoms with van der Waals surface area (Å²) in [4.78, 5) is 0. The van der Waals surface area contributed by atoms with Crippen molar-refractivity contribution in [3.8, 4) is 0 Å². The van der Waals surface area contributed by atoms with Gasteiger partial charge in [-0.1, -0.05) is 11.6 Å². The summed E-state index contributed by atoms with van der Waals surface area (Å²) in [7, 11) is 2.05. The Labute approximate surface area is 99.7 Å². The highest BCUT2D eigenvalue weighted by Crippen LogP contribution is 2.62. The number of hydrogen-bond donors (Lipinski definition) is 1. The zero-order valence-electron chi connectivity index (χ0n) is 10.8. The Morgan fingerprint density at radius 1 is 1.12 bits per heavy atom. The zero-order chi connectivity index (χ0) is 11.2. The molecule has 0 spiro atoms. The van der Waals surface area contributed by atoms with Crippen molar-refractivity contribution in [1.82, 2.24) is 5.32 Å². The van der Waals surface area contributed by atoms with E-state index in [1.807, 2.05) is 7.05 Å². The molecule has 0 amide bonds. The fourth-order valence-electron chi connectivity index (χ4n) is 5.07. The average Bonchev–Trinajstić information content (AvgIpc) is 2.24. The normalized spacial score (nSPS) is 46.4. The van der Waals surface area contributed by atoms with Crippen LogP contribution in [0.1, 0.15) is 45.4 Å². The maximum Gasteiger partial charge on any atom is 0.0134 e. The predicted octanol–water partition coefficient (Wildman–Crippen LogP) is 3.37. The number of hydrogen-bond acceptors (Lipinski definition) is 1. The summed E-state index contributed by atoms with van der Waals surface area (Å²) in [5.41, 5.74) is 2.33. The van der Waals surface area contributed by atoms with Gasteiger partial charge in [-0.25, -0.2) is 0 Å². The summed E-state index contributed by atoms with van der Waals surface area (Å²) in [6.45, 7) is 3.44. The van der Waals surface area contributed by atoms with Crippen LogP contribution in [0.3, 0.4) is 0 Å². The Morgan fingerprint density at radius 2 is 1.62 bits per heavy atom. The Hall–Kier alpha value is -0.300. The lowest BCUT2D eigenvalue weighted by atomic mass is 9.48. The lowest BCUT2D eigenvalue weighted by Gasteiger charge is -2.57. The van der Waals surface area contributed by atoms with Gasteiger partial charge in [-0.3, -0.25) is 0 Å². The third-order valence-electron chi connectivity index (χ3n) is 5.49. The van der Waals surface area contributed by atoms with Crippen LogP contribution in [0, 0.1) is 23.2 Å². The first-order valence-electron chi connectivity index (χ1n) is 7.04. The lowest BCUT2D eigenvalue weighted by molar-refractivity contribution is -0.0305. The van der Waals surface area contributed by atoms with E-state index in [1.165, 1.54) is 19.3 Å². The van der Waals surface area contributed by atoms with Crippen LogP contribution in [0.25, 0.3) is 0 Å². The van der Waals surface area contributed by atoms with E-state index >= 15 is 0 Å². The molecule has 0 heterocycles. The summed E-state index contributed by atoms with van der Waals surface area (Å²) in [5, 5.41) is 3.25. The molecule has 4 rings (SSSR count). The first-order chi connectivity index (χ1) is 7.72. The molecule has 0 aliphatic heterocycles. The van der Waals surface area contributed by atoms with Crippen LogP contribution >= 0.6 is 0 Å². The van der Waals surface area contributed by atoms with Gasteiger partial charge in [0, 0.05) is 6.54 Å². The monoisotopic (exact) mass is 219 g/mol. The molecule has 1 N–H and O–H groups in total. The van der Waals surface area contributed by atoms with Gasteiger partial charge in [-0.05, 0) is 75.7 Å². The molecule has 0 aromatic rings. The van der Waals surface area contributed by atoms with E-state index in [1.54, 1.807) is 24.8 Å². The van der Waals surface area contributed by atoms with Crippen molar-refractivity contribution in [1.29, 1.82) is 0 Å². The van der Waals surface area contributed by atoms with Gasteiger partial charge in [-0.15, -0.1) is 0 Å². The van der Waals surface area contributed by atoms with Gasteiger partial charge in [0.25, 0.3) is 0 Å². The molecule has 4 saturated carbocycles.